The van der Waals surface area contributed by atoms with Gasteiger partial charge in [0.1, 0.15) is 5.52 Å². The molecule has 4 rings (SSSR count). The van der Waals surface area contributed by atoms with Gasteiger partial charge in [-0.15, -0.1) is 0 Å². The van der Waals surface area contributed by atoms with Crippen LogP contribution in [0.15, 0.2) is 36.5 Å². The van der Waals surface area contributed by atoms with Gasteiger partial charge < -0.3 is 5.32 Å². The van der Waals surface area contributed by atoms with Crippen molar-refractivity contribution in [3.8, 4) is 0 Å². The lowest BCUT2D eigenvalue weighted by Gasteiger charge is -2.04. The van der Waals surface area contributed by atoms with Crippen molar-refractivity contribution < 1.29 is 0 Å². The zero-order valence-corrected chi connectivity index (χ0v) is 12.5. The third-order valence-electron chi connectivity index (χ3n) is 3.85. The van der Waals surface area contributed by atoms with Crippen LogP contribution >= 0.6 is 0 Å². The highest BCUT2D eigenvalue weighted by Crippen LogP contribution is 2.26. The number of H-pyrrole nitrogens is 1. The molecule has 0 unspecified atom stereocenters. The molecule has 2 N–H and O–H groups in total. The highest BCUT2D eigenvalue weighted by atomic mass is 15.3. The summed E-state index contributed by atoms with van der Waals surface area (Å²) in [5, 5.41) is 16.3. The van der Waals surface area contributed by atoms with E-state index in [9.17, 15) is 0 Å². The first-order chi connectivity index (χ1) is 10.8. The van der Waals surface area contributed by atoms with Crippen LogP contribution in [0.25, 0.3) is 21.9 Å². The quantitative estimate of drug-likeness (QED) is 0.608. The Labute approximate surface area is 127 Å². The van der Waals surface area contributed by atoms with Crippen LogP contribution in [0.4, 0.5) is 11.5 Å². The molecule has 22 heavy (non-hydrogen) atoms. The minimum Gasteiger partial charge on any atom is -0.337 e. The van der Waals surface area contributed by atoms with Gasteiger partial charge in [-0.05, 0) is 36.8 Å². The number of rotatable bonds is 3. The molecule has 110 valence electrons. The van der Waals surface area contributed by atoms with Gasteiger partial charge in [-0.1, -0.05) is 6.92 Å². The van der Waals surface area contributed by atoms with Gasteiger partial charge in [0, 0.05) is 24.3 Å². The van der Waals surface area contributed by atoms with Crippen LogP contribution in [0.5, 0.6) is 0 Å². The molecule has 0 aliphatic heterocycles. The summed E-state index contributed by atoms with van der Waals surface area (Å²) in [5.74, 6) is 0.729. The fourth-order valence-corrected chi connectivity index (χ4v) is 2.75. The van der Waals surface area contributed by atoms with E-state index in [1.807, 2.05) is 29.9 Å². The molecule has 6 heteroatoms. The average molecular weight is 292 g/mol. The molecule has 0 spiro atoms. The van der Waals surface area contributed by atoms with Crippen molar-refractivity contribution in [3.05, 3.63) is 42.2 Å². The molecule has 0 saturated carbocycles. The van der Waals surface area contributed by atoms with Crippen molar-refractivity contribution in [2.24, 2.45) is 7.05 Å². The first-order valence-corrected chi connectivity index (χ1v) is 7.28. The summed E-state index contributed by atoms with van der Waals surface area (Å²) in [5.41, 5.74) is 4.95. The number of nitrogens with zero attached hydrogens (tertiary/aromatic N) is 4. The second kappa shape index (κ2) is 4.84. The van der Waals surface area contributed by atoms with E-state index in [1.165, 1.54) is 5.39 Å². The minimum atomic E-state index is 0.729. The molecule has 6 nitrogen and oxygen atoms in total. The molecule has 0 saturated heterocycles. The van der Waals surface area contributed by atoms with E-state index in [2.05, 4.69) is 44.7 Å². The normalized spacial score (nSPS) is 11.4. The van der Waals surface area contributed by atoms with Crippen molar-refractivity contribution in [2.75, 3.05) is 5.32 Å². The number of aromatic nitrogens is 5. The number of anilines is 2. The van der Waals surface area contributed by atoms with E-state index in [0.717, 1.165) is 40.2 Å². The maximum atomic E-state index is 4.55. The average Bonchev–Trinajstić information content (AvgIpc) is 3.09. The van der Waals surface area contributed by atoms with Gasteiger partial charge in [0.05, 0.1) is 16.7 Å². The highest BCUT2D eigenvalue weighted by Gasteiger charge is 2.10. The Hall–Kier alpha value is -2.89. The number of aryl methyl sites for hydroxylation is 2. The van der Waals surface area contributed by atoms with E-state index in [-0.39, 0.29) is 0 Å². The molecule has 0 aliphatic rings. The van der Waals surface area contributed by atoms with Crippen LogP contribution in [-0.2, 0) is 13.5 Å². The second-order valence-electron chi connectivity index (χ2n) is 5.25. The topological polar surface area (TPSA) is 71.4 Å². The maximum Gasteiger partial charge on any atom is 0.178 e. The van der Waals surface area contributed by atoms with Crippen LogP contribution in [0.3, 0.4) is 0 Å². The Bertz CT molecular complexity index is 965. The fraction of sp³-hybridized carbons (Fsp3) is 0.188. The predicted octanol–water partition coefficient (Wildman–Crippen LogP) is 3.15. The third-order valence-corrected chi connectivity index (χ3v) is 3.85. The molecule has 4 aromatic rings. The standard InChI is InChI=1S/C16H16N6/c1-3-12-11-7-6-10(9-14(11)22(2)21-12)18-16-15-13(19-20-16)5-4-8-17-15/h4-9H,3H2,1-2H3,(H2,18,19,20). The molecule has 3 aromatic heterocycles. The Morgan fingerprint density at radius 3 is 3.05 bits per heavy atom. The lowest BCUT2D eigenvalue weighted by Crippen LogP contribution is -1.94. The Kier molecular flexibility index (Phi) is 2.82. The number of aromatic amines is 1. The number of fused-ring (bicyclic) bond motifs is 2. The summed E-state index contributed by atoms with van der Waals surface area (Å²) in [6.45, 7) is 2.12. The van der Waals surface area contributed by atoms with Gasteiger partial charge in [0.2, 0.25) is 0 Å². The van der Waals surface area contributed by atoms with Gasteiger partial charge in [-0.25, -0.2) is 0 Å². The monoisotopic (exact) mass is 292 g/mol. The number of hydrogen-bond donors (Lipinski definition) is 2. The lowest BCUT2D eigenvalue weighted by atomic mass is 10.1. The molecule has 3 heterocycles. The van der Waals surface area contributed by atoms with E-state index < -0.39 is 0 Å². The van der Waals surface area contributed by atoms with Crippen LogP contribution in [0, 0.1) is 0 Å². The summed E-state index contributed by atoms with van der Waals surface area (Å²) in [7, 11) is 1.97. The zero-order chi connectivity index (χ0) is 15.1. The van der Waals surface area contributed by atoms with Crippen LogP contribution in [0.2, 0.25) is 0 Å². The Balaban J connectivity index is 1.77. The largest absolute Gasteiger partial charge is 0.337 e. The summed E-state index contributed by atoms with van der Waals surface area (Å²) in [6, 6.07) is 10.1. The van der Waals surface area contributed by atoms with E-state index in [0.29, 0.717) is 0 Å². The van der Waals surface area contributed by atoms with Gasteiger partial charge in [-0.3, -0.25) is 14.8 Å². The van der Waals surface area contributed by atoms with Crippen molar-refractivity contribution in [1.82, 2.24) is 25.0 Å². The second-order valence-corrected chi connectivity index (χ2v) is 5.25. The van der Waals surface area contributed by atoms with Crippen molar-refractivity contribution in [2.45, 2.75) is 13.3 Å². The maximum absolute atomic E-state index is 4.55. The molecule has 0 aliphatic carbocycles. The van der Waals surface area contributed by atoms with Gasteiger partial charge >= 0.3 is 0 Å². The first kappa shape index (κ1) is 12.8. The van der Waals surface area contributed by atoms with E-state index >= 15 is 0 Å². The number of nitrogens with one attached hydrogen (secondary N) is 2. The molecule has 0 radical (unpaired) electrons. The Morgan fingerprint density at radius 1 is 1.27 bits per heavy atom. The van der Waals surface area contributed by atoms with E-state index in [1.54, 1.807) is 6.20 Å². The number of benzene rings is 1. The lowest BCUT2D eigenvalue weighted by molar-refractivity contribution is 0.770. The molecular formula is C16H16N6. The van der Waals surface area contributed by atoms with Crippen LogP contribution in [-0.4, -0.2) is 25.0 Å². The number of hydrogen-bond acceptors (Lipinski definition) is 4. The third kappa shape index (κ3) is 1.92. The molecule has 0 atom stereocenters. The SMILES string of the molecule is CCc1nn(C)c2cc(Nc3n[nH]c4cccnc34)ccc12. The molecule has 0 bridgehead atoms. The molecule has 0 fully saturated rings. The molecular weight excluding hydrogens is 276 g/mol. The molecule has 0 amide bonds. The minimum absolute atomic E-state index is 0.729. The zero-order valence-electron chi connectivity index (χ0n) is 12.5. The predicted molar refractivity (Wildman–Crippen MR) is 87.3 cm³/mol. The summed E-state index contributed by atoms with van der Waals surface area (Å²) >= 11 is 0. The summed E-state index contributed by atoms with van der Waals surface area (Å²) in [4.78, 5) is 4.36. The van der Waals surface area contributed by atoms with Crippen LogP contribution < -0.4 is 5.32 Å². The van der Waals surface area contributed by atoms with Crippen molar-refractivity contribution in [3.63, 3.8) is 0 Å². The van der Waals surface area contributed by atoms with Crippen LogP contribution in [0.1, 0.15) is 12.6 Å². The Morgan fingerprint density at radius 2 is 2.18 bits per heavy atom. The summed E-state index contributed by atoms with van der Waals surface area (Å²) in [6.07, 6.45) is 2.69. The number of pyridine rings is 1. The fourth-order valence-electron chi connectivity index (χ4n) is 2.75. The van der Waals surface area contributed by atoms with Gasteiger partial charge in [-0.2, -0.15) is 10.2 Å². The van der Waals surface area contributed by atoms with Gasteiger partial charge in [0.15, 0.2) is 5.82 Å². The summed E-state index contributed by atoms with van der Waals surface area (Å²) < 4.78 is 1.92. The van der Waals surface area contributed by atoms with Crippen molar-refractivity contribution in [1.29, 1.82) is 0 Å². The molecule has 1 aromatic carbocycles. The highest BCUT2D eigenvalue weighted by molar-refractivity contribution is 5.90. The van der Waals surface area contributed by atoms with Gasteiger partial charge in [0.25, 0.3) is 0 Å². The first-order valence-electron chi connectivity index (χ1n) is 7.28. The van der Waals surface area contributed by atoms with Crippen molar-refractivity contribution >= 4 is 33.4 Å². The van der Waals surface area contributed by atoms with E-state index in [4.69, 9.17) is 0 Å². The smallest absolute Gasteiger partial charge is 0.178 e.